The average Bonchev–Trinajstić information content (AvgIpc) is 2.90. The molecule has 2 fully saturated rings. The van der Waals surface area contributed by atoms with Gasteiger partial charge in [-0.25, -0.2) is 0 Å². The molecule has 2 aliphatic rings. The van der Waals surface area contributed by atoms with Crippen LogP contribution in [0.5, 0.6) is 0 Å². The first-order valence-corrected chi connectivity index (χ1v) is 9.46. The van der Waals surface area contributed by atoms with Crippen molar-refractivity contribution in [1.82, 2.24) is 16.0 Å². The van der Waals surface area contributed by atoms with Gasteiger partial charge in [-0.15, -0.1) is 12.4 Å². The summed E-state index contributed by atoms with van der Waals surface area (Å²) < 4.78 is 0.942. The molecule has 1 aromatic carbocycles. The van der Waals surface area contributed by atoms with Crippen molar-refractivity contribution in [2.75, 3.05) is 13.1 Å². The number of rotatable bonds is 6. The van der Waals surface area contributed by atoms with Gasteiger partial charge in [0.15, 0.2) is 0 Å². The van der Waals surface area contributed by atoms with Gasteiger partial charge in [0.25, 0.3) is 5.91 Å². The van der Waals surface area contributed by atoms with Crippen LogP contribution >= 0.6 is 28.3 Å². The zero-order chi connectivity index (χ0) is 16.9. The fraction of sp³-hybridized carbons (Fsp3) is 0.556. The Kier molecular flexibility index (Phi) is 7.72. The van der Waals surface area contributed by atoms with Gasteiger partial charge in [0, 0.05) is 41.6 Å². The van der Waals surface area contributed by atoms with Crippen LogP contribution in [0.15, 0.2) is 28.7 Å². The quantitative estimate of drug-likeness (QED) is 0.608. The third-order valence-corrected chi connectivity index (χ3v) is 5.41. The number of benzene rings is 1. The lowest BCUT2D eigenvalue weighted by Crippen LogP contribution is -2.40. The van der Waals surface area contributed by atoms with Crippen LogP contribution in [-0.2, 0) is 4.79 Å². The zero-order valence-electron chi connectivity index (χ0n) is 14.1. The van der Waals surface area contributed by atoms with Gasteiger partial charge in [0.2, 0.25) is 5.91 Å². The minimum Gasteiger partial charge on any atom is -0.354 e. The van der Waals surface area contributed by atoms with E-state index in [-0.39, 0.29) is 24.2 Å². The standard InChI is InChI=1S/C18H24BrN3O2.ClH/c19-14-3-1-13(2-4-14)18(24)21-8-7-20-17(23)11-12-9-15-5-6-16(10-12)22-15;/h1-4,12,15-16,22H,5-11H2,(H,20,23)(H,21,24);1H. The maximum atomic E-state index is 12.0. The van der Waals surface area contributed by atoms with Crippen LogP contribution in [0.2, 0.25) is 0 Å². The van der Waals surface area contributed by atoms with E-state index in [0.717, 1.165) is 17.3 Å². The molecular weight excluding hydrogens is 406 g/mol. The summed E-state index contributed by atoms with van der Waals surface area (Å²) in [6, 6.07) is 8.44. The van der Waals surface area contributed by atoms with E-state index in [4.69, 9.17) is 0 Å². The van der Waals surface area contributed by atoms with E-state index < -0.39 is 0 Å². The van der Waals surface area contributed by atoms with Crippen molar-refractivity contribution in [2.45, 2.75) is 44.2 Å². The first-order valence-electron chi connectivity index (χ1n) is 8.66. The molecular formula is C18H25BrClN3O2. The summed E-state index contributed by atoms with van der Waals surface area (Å²) in [6.07, 6.45) is 5.35. The molecule has 2 heterocycles. The maximum Gasteiger partial charge on any atom is 0.251 e. The van der Waals surface area contributed by atoms with Crippen LogP contribution in [0.1, 0.15) is 42.5 Å². The molecule has 2 unspecified atom stereocenters. The Bertz CT molecular complexity index is 584. The van der Waals surface area contributed by atoms with Crippen molar-refractivity contribution in [2.24, 2.45) is 5.92 Å². The third-order valence-electron chi connectivity index (χ3n) is 4.88. The Hall–Kier alpha value is -1.11. The van der Waals surface area contributed by atoms with E-state index in [9.17, 15) is 9.59 Å². The van der Waals surface area contributed by atoms with Crippen LogP contribution in [0.3, 0.4) is 0 Å². The molecule has 2 aliphatic heterocycles. The minimum atomic E-state index is -0.119. The van der Waals surface area contributed by atoms with Crippen molar-refractivity contribution in [3.63, 3.8) is 0 Å². The van der Waals surface area contributed by atoms with Crippen molar-refractivity contribution in [3.05, 3.63) is 34.3 Å². The van der Waals surface area contributed by atoms with Gasteiger partial charge in [-0.05, 0) is 55.9 Å². The number of hydrogen-bond acceptors (Lipinski definition) is 3. The predicted octanol–water partition coefficient (Wildman–Crippen LogP) is 2.64. The number of halogens is 2. The first kappa shape index (κ1) is 20.2. The Morgan fingerprint density at radius 3 is 2.28 bits per heavy atom. The molecule has 0 radical (unpaired) electrons. The molecule has 2 saturated heterocycles. The number of carbonyl (C=O) groups excluding carboxylic acids is 2. The molecule has 3 N–H and O–H groups in total. The summed E-state index contributed by atoms with van der Waals surface area (Å²) in [5.41, 5.74) is 0.620. The second-order valence-corrected chi connectivity index (χ2v) is 7.71. The lowest BCUT2D eigenvalue weighted by molar-refractivity contribution is -0.122. The Labute approximate surface area is 163 Å². The molecule has 0 aromatic heterocycles. The normalized spacial score (nSPS) is 24.3. The Balaban J connectivity index is 0.00000225. The topological polar surface area (TPSA) is 70.2 Å². The van der Waals surface area contributed by atoms with Gasteiger partial charge in [0.1, 0.15) is 0 Å². The average molecular weight is 431 g/mol. The van der Waals surface area contributed by atoms with E-state index in [1.54, 1.807) is 12.1 Å². The van der Waals surface area contributed by atoms with Gasteiger partial charge >= 0.3 is 0 Å². The second kappa shape index (κ2) is 9.55. The monoisotopic (exact) mass is 429 g/mol. The van der Waals surface area contributed by atoms with E-state index in [1.807, 2.05) is 12.1 Å². The third kappa shape index (κ3) is 5.97. The van der Waals surface area contributed by atoms with Crippen LogP contribution < -0.4 is 16.0 Å². The van der Waals surface area contributed by atoms with E-state index >= 15 is 0 Å². The van der Waals surface area contributed by atoms with Gasteiger partial charge < -0.3 is 16.0 Å². The van der Waals surface area contributed by atoms with Crippen molar-refractivity contribution in [3.8, 4) is 0 Å². The SMILES string of the molecule is Cl.O=C(CC1CC2CCC(C1)N2)NCCNC(=O)c1ccc(Br)cc1. The summed E-state index contributed by atoms with van der Waals surface area (Å²) in [6.45, 7) is 0.914. The van der Waals surface area contributed by atoms with Gasteiger partial charge in [-0.1, -0.05) is 15.9 Å². The van der Waals surface area contributed by atoms with Gasteiger partial charge in [-0.2, -0.15) is 0 Å². The summed E-state index contributed by atoms with van der Waals surface area (Å²) in [4.78, 5) is 24.0. The summed E-state index contributed by atoms with van der Waals surface area (Å²) in [7, 11) is 0. The molecule has 25 heavy (non-hydrogen) atoms. The van der Waals surface area contributed by atoms with Crippen molar-refractivity contribution >= 4 is 40.2 Å². The molecule has 0 aliphatic carbocycles. The van der Waals surface area contributed by atoms with Gasteiger partial charge in [0.05, 0.1) is 0 Å². The highest BCUT2D eigenvalue weighted by Crippen LogP contribution is 2.32. The van der Waals surface area contributed by atoms with Crippen molar-refractivity contribution in [1.29, 1.82) is 0 Å². The van der Waals surface area contributed by atoms with Crippen LogP contribution in [-0.4, -0.2) is 37.0 Å². The number of hydrogen-bond donors (Lipinski definition) is 3. The Morgan fingerprint density at radius 1 is 1.04 bits per heavy atom. The largest absolute Gasteiger partial charge is 0.354 e. The summed E-state index contributed by atoms with van der Waals surface area (Å²) in [5, 5.41) is 9.33. The smallest absolute Gasteiger partial charge is 0.251 e. The van der Waals surface area contributed by atoms with Gasteiger partial charge in [-0.3, -0.25) is 9.59 Å². The molecule has 0 spiro atoms. The van der Waals surface area contributed by atoms with Crippen LogP contribution in [0.4, 0.5) is 0 Å². The first-order chi connectivity index (χ1) is 11.6. The number of nitrogens with one attached hydrogen (secondary N) is 3. The predicted molar refractivity (Wildman–Crippen MR) is 104 cm³/mol. The fourth-order valence-corrected chi connectivity index (χ4v) is 4.02. The fourth-order valence-electron chi connectivity index (χ4n) is 3.76. The molecule has 2 amide bonds. The Morgan fingerprint density at radius 2 is 1.64 bits per heavy atom. The lowest BCUT2D eigenvalue weighted by atomic mass is 9.89. The number of amides is 2. The van der Waals surface area contributed by atoms with Crippen LogP contribution in [0, 0.1) is 5.92 Å². The molecule has 0 saturated carbocycles. The number of piperidine rings is 1. The second-order valence-electron chi connectivity index (χ2n) is 6.79. The summed E-state index contributed by atoms with van der Waals surface area (Å²) in [5.74, 6) is 0.479. The zero-order valence-corrected chi connectivity index (χ0v) is 16.5. The van der Waals surface area contributed by atoms with Crippen molar-refractivity contribution < 1.29 is 9.59 Å². The van der Waals surface area contributed by atoms with Crippen LogP contribution in [0.25, 0.3) is 0 Å². The van der Waals surface area contributed by atoms with E-state index in [0.29, 0.717) is 43.1 Å². The maximum absolute atomic E-state index is 12.0. The molecule has 2 atom stereocenters. The highest BCUT2D eigenvalue weighted by molar-refractivity contribution is 9.10. The number of fused-ring (bicyclic) bond motifs is 2. The molecule has 138 valence electrons. The minimum absolute atomic E-state index is 0. The molecule has 3 rings (SSSR count). The molecule has 2 bridgehead atoms. The summed E-state index contributed by atoms with van der Waals surface area (Å²) >= 11 is 3.34. The van der Waals surface area contributed by atoms with E-state index in [1.165, 1.54) is 12.8 Å². The highest BCUT2D eigenvalue weighted by Gasteiger charge is 2.34. The lowest BCUT2D eigenvalue weighted by Gasteiger charge is -2.28. The molecule has 1 aromatic rings. The highest BCUT2D eigenvalue weighted by atomic mass is 79.9. The number of carbonyl (C=O) groups is 2. The van der Waals surface area contributed by atoms with E-state index in [2.05, 4.69) is 31.9 Å². The molecule has 7 heteroatoms. The molecule has 5 nitrogen and oxygen atoms in total.